The predicted molar refractivity (Wildman–Crippen MR) is 82.9 cm³/mol. The van der Waals surface area contributed by atoms with E-state index in [1.54, 1.807) is 41.5 Å². The van der Waals surface area contributed by atoms with Gasteiger partial charge in [0.05, 0.1) is 0 Å². The lowest BCUT2D eigenvalue weighted by molar-refractivity contribution is -0.125. The molecule has 6 heteroatoms. The second-order valence-electron chi connectivity index (χ2n) is 4.57. The summed E-state index contributed by atoms with van der Waals surface area (Å²) in [6, 6.07) is 10.1. The molecule has 1 aromatic carbocycles. The fraction of sp³-hybridized carbons (Fsp3) is 0.188. The minimum atomic E-state index is -2.84. The van der Waals surface area contributed by atoms with Crippen LogP contribution < -0.4 is 4.74 Å². The van der Waals surface area contributed by atoms with E-state index in [1.165, 1.54) is 18.2 Å². The Bertz CT molecular complexity index is 624. The molecule has 0 saturated carbocycles. The molecule has 2 aromatic rings. The molecule has 0 unspecified atom stereocenters. The van der Waals surface area contributed by atoms with Gasteiger partial charge in [-0.3, -0.25) is 4.79 Å². The maximum atomic E-state index is 12.1. The van der Waals surface area contributed by atoms with Gasteiger partial charge < -0.3 is 9.64 Å². The molecule has 0 N–H and O–H groups in total. The highest BCUT2D eigenvalue weighted by Gasteiger charge is 2.07. The number of halogens is 2. The number of hydrogen-bond donors (Lipinski definition) is 0. The van der Waals surface area contributed by atoms with E-state index in [-0.39, 0.29) is 11.7 Å². The Balaban J connectivity index is 1.90. The summed E-state index contributed by atoms with van der Waals surface area (Å²) in [5, 5.41) is 1.94. The highest BCUT2D eigenvalue weighted by Crippen LogP contribution is 2.16. The first kappa shape index (κ1) is 16.2. The maximum Gasteiger partial charge on any atom is 0.387 e. The molecule has 0 radical (unpaired) electrons. The third kappa shape index (κ3) is 4.96. The molecule has 0 spiro atoms. The number of carbonyl (C=O) groups is 1. The van der Waals surface area contributed by atoms with Gasteiger partial charge in [-0.05, 0) is 35.2 Å². The normalized spacial score (nSPS) is 11.1. The highest BCUT2D eigenvalue weighted by atomic mass is 32.1. The van der Waals surface area contributed by atoms with Crippen molar-refractivity contribution >= 4 is 23.3 Å². The van der Waals surface area contributed by atoms with Gasteiger partial charge in [-0.2, -0.15) is 8.78 Å². The largest absolute Gasteiger partial charge is 0.435 e. The van der Waals surface area contributed by atoms with E-state index >= 15 is 0 Å². The first-order chi connectivity index (χ1) is 10.5. The van der Waals surface area contributed by atoms with Gasteiger partial charge in [0.25, 0.3) is 0 Å². The summed E-state index contributed by atoms with van der Waals surface area (Å²) in [6.07, 6.45) is 3.28. The molecular weight excluding hydrogens is 308 g/mol. The van der Waals surface area contributed by atoms with Crippen molar-refractivity contribution in [1.29, 1.82) is 0 Å². The molecule has 116 valence electrons. The highest BCUT2D eigenvalue weighted by molar-refractivity contribution is 7.10. The zero-order valence-electron chi connectivity index (χ0n) is 11.9. The Labute approximate surface area is 131 Å². The fourth-order valence-electron chi connectivity index (χ4n) is 1.79. The lowest BCUT2D eigenvalue weighted by Crippen LogP contribution is -2.24. The molecule has 1 amide bonds. The van der Waals surface area contributed by atoms with E-state index in [4.69, 9.17) is 0 Å². The second kappa shape index (κ2) is 7.70. The van der Waals surface area contributed by atoms with E-state index in [9.17, 15) is 13.6 Å². The van der Waals surface area contributed by atoms with Crippen molar-refractivity contribution in [2.75, 3.05) is 7.05 Å². The Morgan fingerprint density at radius 3 is 2.64 bits per heavy atom. The van der Waals surface area contributed by atoms with Gasteiger partial charge in [-0.15, -0.1) is 11.3 Å². The standard InChI is InChI=1S/C16H15F2NO2S/c1-19(15(20)9-8-14-3-2-10-22-14)11-12-4-6-13(7-5-12)21-16(17)18/h2-10,16H,11H2,1H3/b9-8+. The number of benzene rings is 1. The molecule has 22 heavy (non-hydrogen) atoms. The van der Waals surface area contributed by atoms with Crippen LogP contribution in [0.3, 0.4) is 0 Å². The van der Waals surface area contributed by atoms with Gasteiger partial charge in [0, 0.05) is 24.5 Å². The van der Waals surface area contributed by atoms with Gasteiger partial charge in [0.2, 0.25) is 5.91 Å². The number of carbonyl (C=O) groups excluding carboxylic acids is 1. The molecule has 0 aliphatic rings. The summed E-state index contributed by atoms with van der Waals surface area (Å²) < 4.78 is 28.4. The van der Waals surface area contributed by atoms with Crippen LogP contribution >= 0.6 is 11.3 Å². The zero-order valence-corrected chi connectivity index (χ0v) is 12.7. The van der Waals surface area contributed by atoms with Crippen LogP contribution in [-0.2, 0) is 11.3 Å². The predicted octanol–water partition coefficient (Wildman–Crippen LogP) is 4.02. The summed E-state index contributed by atoms with van der Waals surface area (Å²) in [7, 11) is 1.69. The summed E-state index contributed by atoms with van der Waals surface area (Å²) in [6.45, 7) is -2.44. The van der Waals surface area contributed by atoms with Crippen LogP contribution in [0.1, 0.15) is 10.4 Å². The van der Waals surface area contributed by atoms with Crippen LogP contribution in [-0.4, -0.2) is 24.5 Å². The van der Waals surface area contributed by atoms with E-state index in [2.05, 4.69) is 4.74 Å². The van der Waals surface area contributed by atoms with Crippen LogP contribution in [0.4, 0.5) is 8.78 Å². The number of thiophene rings is 1. The minimum absolute atomic E-state index is 0.102. The number of rotatable bonds is 6. The first-order valence-electron chi connectivity index (χ1n) is 6.55. The smallest absolute Gasteiger partial charge is 0.387 e. The first-order valence-corrected chi connectivity index (χ1v) is 7.43. The summed E-state index contributed by atoms with van der Waals surface area (Å²) in [4.78, 5) is 14.5. The van der Waals surface area contributed by atoms with E-state index in [0.717, 1.165) is 10.4 Å². The Hall–Kier alpha value is -2.21. The number of alkyl halides is 2. The van der Waals surface area contributed by atoms with Crippen LogP contribution in [0.15, 0.2) is 47.9 Å². The topological polar surface area (TPSA) is 29.5 Å². The molecule has 1 heterocycles. The van der Waals surface area contributed by atoms with Gasteiger partial charge >= 0.3 is 6.61 Å². The SMILES string of the molecule is CN(Cc1ccc(OC(F)F)cc1)C(=O)/C=C/c1cccs1. The monoisotopic (exact) mass is 323 g/mol. The molecule has 1 aromatic heterocycles. The zero-order chi connectivity index (χ0) is 15.9. The quantitative estimate of drug-likeness (QED) is 0.752. The van der Waals surface area contributed by atoms with E-state index in [1.807, 2.05) is 17.5 Å². The minimum Gasteiger partial charge on any atom is -0.435 e. The van der Waals surface area contributed by atoms with Crippen molar-refractivity contribution in [2.24, 2.45) is 0 Å². The lowest BCUT2D eigenvalue weighted by Gasteiger charge is -2.15. The van der Waals surface area contributed by atoms with Gasteiger partial charge in [0.15, 0.2) is 0 Å². The summed E-state index contributed by atoms with van der Waals surface area (Å²) >= 11 is 1.55. The summed E-state index contributed by atoms with van der Waals surface area (Å²) in [5.41, 5.74) is 0.835. The third-order valence-electron chi connectivity index (χ3n) is 2.88. The molecule has 0 aliphatic carbocycles. The van der Waals surface area contributed by atoms with Crippen LogP contribution in [0.5, 0.6) is 5.75 Å². The lowest BCUT2D eigenvalue weighted by atomic mass is 10.2. The molecule has 3 nitrogen and oxygen atoms in total. The number of nitrogens with zero attached hydrogens (tertiary/aromatic N) is 1. The van der Waals surface area contributed by atoms with Crippen molar-refractivity contribution < 1.29 is 18.3 Å². The number of amides is 1. The Morgan fingerprint density at radius 1 is 1.32 bits per heavy atom. The fourth-order valence-corrected chi connectivity index (χ4v) is 2.41. The molecular formula is C16H15F2NO2S. The molecule has 0 atom stereocenters. The van der Waals surface area contributed by atoms with Crippen molar-refractivity contribution in [3.05, 3.63) is 58.3 Å². The van der Waals surface area contributed by atoms with Gasteiger partial charge in [-0.25, -0.2) is 0 Å². The number of likely N-dealkylation sites (N-methyl/N-ethyl adjacent to an activating group) is 1. The number of ether oxygens (including phenoxy) is 1. The second-order valence-corrected chi connectivity index (χ2v) is 5.54. The van der Waals surface area contributed by atoms with Crippen LogP contribution in [0.2, 0.25) is 0 Å². The Morgan fingerprint density at radius 2 is 2.05 bits per heavy atom. The van der Waals surface area contributed by atoms with Crippen LogP contribution in [0.25, 0.3) is 6.08 Å². The van der Waals surface area contributed by atoms with E-state index < -0.39 is 6.61 Å². The average molecular weight is 323 g/mol. The molecule has 0 fully saturated rings. The van der Waals surface area contributed by atoms with E-state index in [0.29, 0.717) is 6.54 Å². The maximum absolute atomic E-state index is 12.1. The van der Waals surface area contributed by atoms with Gasteiger partial charge in [0.1, 0.15) is 5.75 Å². The van der Waals surface area contributed by atoms with Crippen molar-refractivity contribution in [1.82, 2.24) is 4.90 Å². The van der Waals surface area contributed by atoms with Crippen molar-refractivity contribution in [2.45, 2.75) is 13.2 Å². The molecule has 0 aliphatic heterocycles. The summed E-state index contributed by atoms with van der Waals surface area (Å²) in [5.74, 6) is -0.0216. The number of hydrogen-bond acceptors (Lipinski definition) is 3. The molecule has 0 saturated heterocycles. The molecule has 2 rings (SSSR count). The van der Waals surface area contributed by atoms with Gasteiger partial charge in [-0.1, -0.05) is 18.2 Å². The average Bonchev–Trinajstić information content (AvgIpc) is 2.99. The van der Waals surface area contributed by atoms with Crippen LogP contribution in [0, 0.1) is 0 Å². The van der Waals surface area contributed by atoms with Crippen molar-refractivity contribution in [3.63, 3.8) is 0 Å². The Kier molecular flexibility index (Phi) is 5.66. The third-order valence-corrected chi connectivity index (χ3v) is 3.72. The molecule has 0 bridgehead atoms. The van der Waals surface area contributed by atoms with Crippen molar-refractivity contribution in [3.8, 4) is 5.75 Å².